The van der Waals surface area contributed by atoms with Crippen LogP contribution < -0.4 is 0 Å². The maximum Gasteiger partial charge on any atom is 2.00 e. The van der Waals surface area contributed by atoms with E-state index in [0.717, 1.165) is 25.7 Å². The van der Waals surface area contributed by atoms with Crippen LogP contribution in [0.2, 0.25) is 0 Å². The molecule has 0 aromatic rings. The molecule has 1 aliphatic rings. The fourth-order valence-electron chi connectivity index (χ4n) is 1.20. The predicted octanol–water partition coefficient (Wildman–Crippen LogP) is 0.916. The molecule has 1 saturated carbocycles. The van der Waals surface area contributed by atoms with Crippen LogP contribution in [0, 0.1) is 0 Å². The molecule has 17 heavy (non-hydrogen) atoms. The maximum absolute atomic E-state index is 9.51. The average molecular weight is 427 g/mol. The summed E-state index contributed by atoms with van der Waals surface area (Å²) in [6.45, 7) is 0. The van der Waals surface area contributed by atoms with Gasteiger partial charge in [0.25, 0.3) is 0 Å². The first-order valence-electron chi connectivity index (χ1n) is 4.90. The molecule has 0 unspecified atom stereocenters. The monoisotopic (exact) mass is 427 g/mol. The van der Waals surface area contributed by atoms with Crippen LogP contribution in [0.1, 0.15) is 25.7 Å². The standard InChI is InChI=1S/C6H12N2.C3H4O5.Pt/c7-5-1-2-6(8)4-3-5;4-1(2(5)6)3(7)8;/h5-8H,1-4H2;1,4H,(H,5,6)(H,7,8);/q-2;;+2. The van der Waals surface area contributed by atoms with Crippen LogP contribution in [0.4, 0.5) is 0 Å². The van der Waals surface area contributed by atoms with Crippen molar-refractivity contribution in [3.8, 4) is 0 Å². The molecule has 0 aromatic carbocycles. The molecule has 1 rings (SSSR count). The minimum absolute atomic E-state index is 0. The molecule has 8 heteroatoms. The van der Waals surface area contributed by atoms with Crippen molar-refractivity contribution in [2.45, 2.75) is 43.9 Å². The van der Waals surface area contributed by atoms with E-state index in [9.17, 15) is 9.59 Å². The Morgan fingerprint density at radius 2 is 1.18 bits per heavy atom. The minimum atomic E-state index is -2.30. The SMILES string of the molecule is O=C(O)C(O)C(=O)O.[NH-]C1CCC([NH-])CC1.[Pt+2]. The van der Waals surface area contributed by atoms with Crippen LogP contribution in [0.15, 0.2) is 0 Å². The van der Waals surface area contributed by atoms with Gasteiger partial charge in [-0.05, 0) is 0 Å². The zero-order valence-electron chi connectivity index (χ0n) is 9.03. The summed E-state index contributed by atoms with van der Waals surface area (Å²) in [5.74, 6) is -3.50. The van der Waals surface area contributed by atoms with E-state index in [1.165, 1.54) is 0 Å². The zero-order chi connectivity index (χ0) is 12.7. The molecule has 7 nitrogen and oxygen atoms in total. The van der Waals surface area contributed by atoms with Crippen molar-refractivity contribution in [3.05, 3.63) is 11.5 Å². The Morgan fingerprint density at radius 3 is 1.29 bits per heavy atom. The van der Waals surface area contributed by atoms with E-state index in [4.69, 9.17) is 26.8 Å². The van der Waals surface area contributed by atoms with Crippen LogP contribution in [0.3, 0.4) is 0 Å². The van der Waals surface area contributed by atoms with E-state index >= 15 is 0 Å². The Kier molecular flexibility index (Phi) is 10.6. The molecule has 1 fully saturated rings. The second-order valence-corrected chi connectivity index (χ2v) is 3.63. The molecule has 0 amide bonds. The van der Waals surface area contributed by atoms with Crippen molar-refractivity contribution in [3.63, 3.8) is 0 Å². The Hall–Kier alpha value is -0.492. The summed E-state index contributed by atoms with van der Waals surface area (Å²) in [6.07, 6.45) is 1.51. The number of aliphatic hydroxyl groups excluding tert-OH is 1. The second-order valence-electron chi connectivity index (χ2n) is 3.63. The van der Waals surface area contributed by atoms with Crippen LogP contribution in [-0.4, -0.2) is 45.4 Å². The summed E-state index contributed by atoms with van der Waals surface area (Å²) in [7, 11) is 0. The third-order valence-electron chi connectivity index (χ3n) is 2.20. The van der Waals surface area contributed by atoms with Gasteiger partial charge in [0.15, 0.2) is 0 Å². The van der Waals surface area contributed by atoms with Gasteiger partial charge in [-0.3, -0.25) is 0 Å². The molecule has 0 heterocycles. The largest absolute Gasteiger partial charge is 2.00 e. The summed E-state index contributed by atoms with van der Waals surface area (Å²) < 4.78 is 0. The number of carboxylic acid groups (broad SMARTS) is 2. The molecule has 0 bridgehead atoms. The molecule has 5 N–H and O–H groups in total. The van der Waals surface area contributed by atoms with Crippen molar-refractivity contribution >= 4 is 11.9 Å². The fourth-order valence-corrected chi connectivity index (χ4v) is 1.20. The number of nitrogens with one attached hydrogen (secondary N) is 2. The normalized spacial score (nSPS) is 23.1. The topological polar surface area (TPSA) is 142 Å². The molecule has 102 valence electrons. The Morgan fingerprint density at radius 1 is 0.941 bits per heavy atom. The first-order chi connectivity index (χ1) is 7.34. The van der Waals surface area contributed by atoms with Gasteiger partial charge >= 0.3 is 33.0 Å². The molecule has 0 atom stereocenters. The summed E-state index contributed by atoms with van der Waals surface area (Å²) in [5.41, 5.74) is 14.6. The molecular formula is C9H16N2O5Pt. The van der Waals surface area contributed by atoms with E-state index in [1.807, 2.05) is 0 Å². The third kappa shape index (κ3) is 9.23. The number of aliphatic hydroxyl groups is 1. The Labute approximate surface area is 113 Å². The van der Waals surface area contributed by atoms with Crippen molar-refractivity contribution in [1.29, 1.82) is 0 Å². The molecule has 0 spiro atoms. The second kappa shape index (κ2) is 9.53. The van der Waals surface area contributed by atoms with Gasteiger partial charge in [0.1, 0.15) is 0 Å². The molecule has 0 aromatic heterocycles. The number of rotatable bonds is 2. The Balaban J connectivity index is 0. The summed E-state index contributed by atoms with van der Waals surface area (Å²) in [5, 5.41) is 23.4. The predicted molar refractivity (Wildman–Crippen MR) is 56.0 cm³/mol. The molecule has 0 aliphatic heterocycles. The fraction of sp³-hybridized carbons (Fsp3) is 0.778. The van der Waals surface area contributed by atoms with Crippen LogP contribution in [0.25, 0.3) is 11.5 Å². The van der Waals surface area contributed by atoms with E-state index in [0.29, 0.717) is 0 Å². The van der Waals surface area contributed by atoms with Crippen molar-refractivity contribution in [2.75, 3.05) is 0 Å². The number of hydrogen-bond donors (Lipinski definition) is 3. The van der Waals surface area contributed by atoms with Gasteiger partial charge < -0.3 is 26.8 Å². The molecule has 1 aliphatic carbocycles. The van der Waals surface area contributed by atoms with Crippen molar-refractivity contribution < 1.29 is 46.0 Å². The first kappa shape index (κ1) is 18.9. The van der Waals surface area contributed by atoms with Crippen LogP contribution in [0.5, 0.6) is 0 Å². The van der Waals surface area contributed by atoms with Gasteiger partial charge in [-0.15, -0.1) is 12.1 Å². The molecular weight excluding hydrogens is 411 g/mol. The van der Waals surface area contributed by atoms with Crippen LogP contribution >= 0.6 is 0 Å². The van der Waals surface area contributed by atoms with Crippen molar-refractivity contribution in [1.82, 2.24) is 0 Å². The van der Waals surface area contributed by atoms with Crippen LogP contribution in [-0.2, 0) is 30.7 Å². The van der Waals surface area contributed by atoms with E-state index in [-0.39, 0.29) is 33.1 Å². The molecule has 0 saturated heterocycles. The smallest absolute Gasteiger partial charge is 0.675 e. The van der Waals surface area contributed by atoms with Gasteiger partial charge in [0.05, 0.1) is 0 Å². The minimum Gasteiger partial charge on any atom is -0.675 e. The summed E-state index contributed by atoms with van der Waals surface area (Å²) in [6, 6.07) is 0.299. The first-order valence-corrected chi connectivity index (χ1v) is 4.90. The van der Waals surface area contributed by atoms with Gasteiger partial charge in [-0.25, -0.2) is 9.59 Å². The summed E-state index contributed by atoms with van der Waals surface area (Å²) >= 11 is 0. The van der Waals surface area contributed by atoms with E-state index in [2.05, 4.69) is 0 Å². The average Bonchev–Trinajstić information content (AvgIpc) is 2.22. The third-order valence-corrected chi connectivity index (χ3v) is 2.20. The van der Waals surface area contributed by atoms with Crippen molar-refractivity contribution in [2.24, 2.45) is 0 Å². The van der Waals surface area contributed by atoms with E-state index < -0.39 is 18.0 Å². The number of hydrogen-bond acceptors (Lipinski definition) is 3. The number of carbonyl (C=O) groups is 2. The van der Waals surface area contributed by atoms with Gasteiger partial charge in [-0.2, -0.15) is 0 Å². The maximum atomic E-state index is 9.51. The zero-order valence-corrected chi connectivity index (χ0v) is 11.3. The number of carboxylic acids is 2. The number of aliphatic carboxylic acids is 2. The summed E-state index contributed by atoms with van der Waals surface area (Å²) in [4.78, 5) is 19.0. The quantitative estimate of drug-likeness (QED) is 0.562. The van der Waals surface area contributed by atoms with Gasteiger partial charge in [0, 0.05) is 0 Å². The van der Waals surface area contributed by atoms with E-state index in [1.54, 1.807) is 0 Å². The Bertz CT molecular complexity index is 220. The van der Waals surface area contributed by atoms with Gasteiger partial charge in [-0.1, -0.05) is 25.7 Å². The van der Waals surface area contributed by atoms with Gasteiger partial charge in [0.2, 0.25) is 6.10 Å². The molecule has 0 radical (unpaired) electrons.